The summed E-state index contributed by atoms with van der Waals surface area (Å²) < 4.78 is 0. The molecule has 112 valence electrons. The molecule has 19 heavy (non-hydrogen) atoms. The molecule has 1 aliphatic carbocycles. The normalized spacial score (nSPS) is 34.1. The van der Waals surface area contributed by atoms with Gasteiger partial charge in [0.05, 0.1) is 0 Å². The van der Waals surface area contributed by atoms with Crippen LogP contribution < -0.4 is 5.73 Å². The lowest BCUT2D eigenvalue weighted by Gasteiger charge is -2.32. The highest BCUT2D eigenvalue weighted by Crippen LogP contribution is 2.30. The van der Waals surface area contributed by atoms with E-state index in [-0.39, 0.29) is 0 Å². The largest absolute Gasteiger partial charge is 0.330 e. The summed E-state index contributed by atoms with van der Waals surface area (Å²) in [5.74, 6) is 2.81. The van der Waals surface area contributed by atoms with Crippen LogP contribution in [0.1, 0.15) is 64.7 Å². The van der Waals surface area contributed by atoms with Crippen LogP contribution in [0, 0.1) is 17.8 Å². The summed E-state index contributed by atoms with van der Waals surface area (Å²) in [7, 11) is 0. The van der Waals surface area contributed by atoms with Crippen molar-refractivity contribution in [3.63, 3.8) is 0 Å². The molecule has 2 aliphatic rings. The summed E-state index contributed by atoms with van der Waals surface area (Å²) in [5.41, 5.74) is 5.79. The summed E-state index contributed by atoms with van der Waals surface area (Å²) >= 11 is 0. The van der Waals surface area contributed by atoms with E-state index in [1.807, 2.05) is 0 Å². The van der Waals surface area contributed by atoms with E-state index >= 15 is 0 Å². The molecule has 1 saturated heterocycles. The first-order valence-electron chi connectivity index (χ1n) is 8.74. The lowest BCUT2D eigenvalue weighted by molar-refractivity contribution is 0.184. The fourth-order valence-corrected chi connectivity index (χ4v) is 4.12. The Labute approximate surface area is 120 Å². The summed E-state index contributed by atoms with van der Waals surface area (Å²) in [6.45, 7) is 7.34. The third-order valence-corrected chi connectivity index (χ3v) is 5.45. The Morgan fingerprint density at radius 1 is 0.895 bits per heavy atom. The van der Waals surface area contributed by atoms with E-state index < -0.39 is 0 Å². The quantitative estimate of drug-likeness (QED) is 0.823. The Bertz CT molecular complexity index is 233. The van der Waals surface area contributed by atoms with Crippen molar-refractivity contribution in [1.29, 1.82) is 0 Å². The van der Waals surface area contributed by atoms with Gasteiger partial charge in [0.15, 0.2) is 0 Å². The van der Waals surface area contributed by atoms with Crippen LogP contribution in [0.3, 0.4) is 0 Å². The molecule has 1 saturated carbocycles. The standard InChI is InChI=1S/C17H34N2/c1-2-4-15-5-3-11-19(12-10-15)14-17-8-6-16(13-18)7-9-17/h15-17H,2-14,18H2,1H3. The molecule has 2 rings (SSSR count). The zero-order valence-corrected chi connectivity index (χ0v) is 12.9. The SMILES string of the molecule is CCCC1CCCN(CC2CCC(CN)CC2)CC1. The lowest BCUT2D eigenvalue weighted by Crippen LogP contribution is -2.33. The third kappa shape index (κ3) is 5.07. The number of hydrogen-bond donors (Lipinski definition) is 1. The van der Waals surface area contributed by atoms with Crippen molar-refractivity contribution < 1.29 is 0 Å². The zero-order valence-electron chi connectivity index (χ0n) is 12.9. The van der Waals surface area contributed by atoms with Crippen LogP contribution in [0.25, 0.3) is 0 Å². The van der Waals surface area contributed by atoms with Gasteiger partial charge in [-0.25, -0.2) is 0 Å². The highest BCUT2D eigenvalue weighted by atomic mass is 15.1. The Kier molecular flexibility index (Phi) is 6.66. The molecule has 0 radical (unpaired) electrons. The first-order chi connectivity index (χ1) is 9.31. The molecule has 1 heterocycles. The molecule has 0 bridgehead atoms. The average molecular weight is 266 g/mol. The second kappa shape index (κ2) is 8.26. The highest BCUT2D eigenvalue weighted by Gasteiger charge is 2.23. The number of hydrogen-bond acceptors (Lipinski definition) is 2. The van der Waals surface area contributed by atoms with E-state index in [0.29, 0.717) is 0 Å². The van der Waals surface area contributed by atoms with Gasteiger partial charge in [-0.15, -0.1) is 0 Å². The molecular formula is C17H34N2. The number of nitrogens with zero attached hydrogens (tertiary/aromatic N) is 1. The van der Waals surface area contributed by atoms with Crippen LogP contribution in [0.2, 0.25) is 0 Å². The Morgan fingerprint density at radius 2 is 1.63 bits per heavy atom. The predicted octanol–water partition coefficient (Wildman–Crippen LogP) is 3.65. The van der Waals surface area contributed by atoms with Crippen molar-refractivity contribution in [2.24, 2.45) is 23.5 Å². The van der Waals surface area contributed by atoms with Crippen molar-refractivity contribution >= 4 is 0 Å². The highest BCUT2D eigenvalue weighted by molar-refractivity contribution is 4.77. The van der Waals surface area contributed by atoms with E-state index in [1.54, 1.807) is 0 Å². The smallest absolute Gasteiger partial charge is 0.000966 e. The molecule has 0 aromatic rings. The van der Waals surface area contributed by atoms with Crippen LogP contribution >= 0.6 is 0 Å². The summed E-state index contributed by atoms with van der Waals surface area (Å²) in [6, 6.07) is 0. The maximum atomic E-state index is 5.79. The molecule has 2 fully saturated rings. The minimum atomic E-state index is 0.828. The van der Waals surface area contributed by atoms with Gasteiger partial charge >= 0.3 is 0 Å². The molecule has 2 nitrogen and oxygen atoms in total. The van der Waals surface area contributed by atoms with Crippen molar-refractivity contribution in [3.05, 3.63) is 0 Å². The zero-order chi connectivity index (χ0) is 13.5. The second-order valence-electron chi connectivity index (χ2n) is 7.01. The van der Waals surface area contributed by atoms with Crippen LogP contribution in [0.5, 0.6) is 0 Å². The Morgan fingerprint density at radius 3 is 2.32 bits per heavy atom. The number of likely N-dealkylation sites (tertiary alicyclic amines) is 1. The predicted molar refractivity (Wildman–Crippen MR) is 83.2 cm³/mol. The maximum Gasteiger partial charge on any atom is 0.000966 e. The van der Waals surface area contributed by atoms with Crippen molar-refractivity contribution in [2.75, 3.05) is 26.2 Å². The van der Waals surface area contributed by atoms with Crippen LogP contribution in [0.15, 0.2) is 0 Å². The summed E-state index contributed by atoms with van der Waals surface area (Å²) in [5, 5.41) is 0. The van der Waals surface area contributed by atoms with Gasteiger partial charge in [0.2, 0.25) is 0 Å². The van der Waals surface area contributed by atoms with E-state index in [2.05, 4.69) is 11.8 Å². The summed E-state index contributed by atoms with van der Waals surface area (Å²) in [4.78, 5) is 2.77. The van der Waals surface area contributed by atoms with Crippen molar-refractivity contribution in [2.45, 2.75) is 64.7 Å². The third-order valence-electron chi connectivity index (χ3n) is 5.45. The average Bonchev–Trinajstić information content (AvgIpc) is 2.66. The Balaban J connectivity index is 1.68. The van der Waals surface area contributed by atoms with Crippen LogP contribution in [-0.2, 0) is 0 Å². The molecule has 2 N–H and O–H groups in total. The van der Waals surface area contributed by atoms with Gasteiger partial charge in [-0.1, -0.05) is 19.8 Å². The molecule has 0 aromatic heterocycles. The van der Waals surface area contributed by atoms with Gasteiger partial charge in [0, 0.05) is 6.54 Å². The Hall–Kier alpha value is -0.0800. The fourth-order valence-electron chi connectivity index (χ4n) is 4.12. The van der Waals surface area contributed by atoms with E-state index in [9.17, 15) is 0 Å². The van der Waals surface area contributed by atoms with Crippen LogP contribution in [0.4, 0.5) is 0 Å². The molecule has 0 amide bonds. The van der Waals surface area contributed by atoms with Gasteiger partial charge in [-0.2, -0.15) is 0 Å². The van der Waals surface area contributed by atoms with Gasteiger partial charge in [-0.3, -0.25) is 0 Å². The molecular weight excluding hydrogens is 232 g/mol. The first-order valence-corrected chi connectivity index (χ1v) is 8.74. The fraction of sp³-hybridized carbons (Fsp3) is 1.00. The number of rotatable bonds is 5. The van der Waals surface area contributed by atoms with E-state index in [1.165, 1.54) is 77.4 Å². The van der Waals surface area contributed by atoms with Crippen molar-refractivity contribution in [3.8, 4) is 0 Å². The van der Waals surface area contributed by atoms with Gasteiger partial charge < -0.3 is 10.6 Å². The van der Waals surface area contributed by atoms with E-state index in [4.69, 9.17) is 5.73 Å². The number of nitrogens with two attached hydrogens (primary N) is 1. The van der Waals surface area contributed by atoms with E-state index in [0.717, 1.165) is 24.3 Å². The first kappa shape index (κ1) is 15.3. The van der Waals surface area contributed by atoms with Gasteiger partial charge in [0.1, 0.15) is 0 Å². The molecule has 0 aromatic carbocycles. The lowest BCUT2D eigenvalue weighted by atomic mass is 9.82. The second-order valence-corrected chi connectivity index (χ2v) is 7.01. The van der Waals surface area contributed by atoms with Crippen LogP contribution in [-0.4, -0.2) is 31.1 Å². The molecule has 2 heteroatoms. The topological polar surface area (TPSA) is 29.3 Å². The molecule has 1 atom stereocenters. The molecule has 1 unspecified atom stereocenters. The minimum absolute atomic E-state index is 0.828. The van der Waals surface area contributed by atoms with Gasteiger partial charge in [-0.05, 0) is 82.3 Å². The summed E-state index contributed by atoms with van der Waals surface area (Å²) in [6.07, 6.45) is 12.8. The van der Waals surface area contributed by atoms with Gasteiger partial charge in [0.25, 0.3) is 0 Å². The molecule has 1 aliphatic heterocycles. The van der Waals surface area contributed by atoms with Crippen molar-refractivity contribution in [1.82, 2.24) is 4.90 Å². The minimum Gasteiger partial charge on any atom is -0.330 e. The molecule has 0 spiro atoms. The monoisotopic (exact) mass is 266 g/mol. The maximum absolute atomic E-state index is 5.79.